The van der Waals surface area contributed by atoms with Crippen LogP contribution in [-0.2, 0) is 0 Å². The summed E-state index contributed by atoms with van der Waals surface area (Å²) in [4.78, 5) is 0. The molecule has 0 saturated carbocycles. The highest BCUT2D eigenvalue weighted by atomic mass is 19.1. The molecule has 3 N–H and O–H groups in total. The number of nitrogen functional groups attached to an aromatic ring is 1. The fourth-order valence-electron chi connectivity index (χ4n) is 1.89. The second kappa shape index (κ2) is 5.16. The predicted molar refractivity (Wildman–Crippen MR) is 61.9 cm³/mol. The summed E-state index contributed by atoms with van der Waals surface area (Å²) in [6.07, 6.45) is 2.21. The van der Waals surface area contributed by atoms with E-state index in [2.05, 4.69) is 5.32 Å². The van der Waals surface area contributed by atoms with E-state index in [-0.39, 0.29) is 5.82 Å². The van der Waals surface area contributed by atoms with Gasteiger partial charge in [-0.2, -0.15) is 0 Å². The van der Waals surface area contributed by atoms with Gasteiger partial charge in [0.2, 0.25) is 0 Å². The van der Waals surface area contributed by atoms with Crippen molar-refractivity contribution in [3.8, 4) is 5.75 Å². The molecule has 0 unspecified atom stereocenters. The first-order chi connectivity index (χ1) is 7.75. The van der Waals surface area contributed by atoms with Crippen LogP contribution in [0.3, 0.4) is 0 Å². The third kappa shape index (κ3) is 2.85. The lowest BCUT2D eigenvalue weighted by molar-refractivity contribution is 0.215. The van der Waals surface area contributed by atoms with Crippen LogP contribution in [0.2, 0.25) is 0 Å². The monoisotopic (exact) mass is 224 g/mol. The quantitative estimate of drug-likeness (QED) is 0.769. The smallest absolute Gasteiger partial charge is 0.145 e. The molecule has 0 spiro atoms. The fraction of sp³-hybridized carbons (Fsp3) is 0.500. The van der Waals surface area contributed by atoms with Gasteiger partial charge in [0.1, 0.15) is 11.6 Å². The zero-order valence-corrected chi connectivity index (χ0v) is 9.21. The van der Waals surface area contributed by atoms with Gasteiger partial charge >= 0.3 is 0 Å². The number of rotatable bonds is 3. The average molecular weight is 224 g/mol. The summed E-state index contributed by atoms with van der Waals surface area (Å²) in [6.45, 7) is 2.69. The molecule has 16 heavy (non-hydrogen) atoms. The minimum absolute atomic E-state index is 0.311. The van der Waals surface area contributed by atoms with E-state index >= 15 is 0 Å². The molecule has 0 atom stereocenters. The highest BCUT2D eigenvalue weighted by molar-refractivity contribution is 5.52. The number of hydrogen-bond donors (Lipinski definition) is 2. The number of halogens is 1. The van der Waals surface area contributed by atoms with Crippen LogP contribution in [0.1, 0.15) is 12.8 Å². The molecule has 1 saturated heterocycles. The molecule has 1 aromatic rings. The summed E-state index contributed by atoms with van der Waals surface area (Å²) in [5.41, 5.74) is 6.20. The van der Waals surface area contributed by atoms with E-state index in [0.717, 1.165) is 25.9 Å². The van der Waals surface area contributed by atoms with Crippen molar-refractivity contribution in [2.24, 2.45) is 5.92 Å². The maximum atomic E-state index is 13.0. The lowest BCUT2D eigenvalue weighted by Gasteiger charge is -2.22. The van der Waals surface area contributed by atoms with Crippen molar-refractivity contribution >= 4 is 5.69 Å². The molecule has 0 amide bonds. The number of ether oxygens (including phenoxy) is 1. The Kier molecular flexibility index (Phi) is 3.62. The van der Waals surface area contributed by atoms with Crippen molar-refractivity contribution in [2.45, 2.75) is 12.8 Å². The molecule has 0 aliphatic carbocycles. The fourth-order valence-corrected chi connectivity index (χ4v) is 1.89. The van der Waals surface area contributed by atoms with Crippen LogP contribution in [0.5, 0.6) is 5.75 Å². The average Bonchev–Trinajstić information content (AvgIpc) is 2.32. The van der Waals surface area contributed by atoms with E-state index < -0.39 is 0 Å². The van der Waals surface area contributed by atoms with Gasteiger partial charge in [-0.3, -0.25) is 0 Å². The third-order valence-electron chi connectivity index (χ3n) is 2.91. The van der Waals surface area contributed by atoms with Crippen LogP contribution < -0.4 is 15.8 Å². The molecule has 1 aliphatic heterocycles. The van der Waals surface area contributed by atoms with Crippen LogP contribution in [-0.4, -0.2) is 19.7 Å². The van der Waals surface area contributed by atoms with Gasteiger partial charge in [-0.15, -0.1) is 0 Å². The van der Waals surface area contributed by atoms with E-state index in [1.54, 1.807) is 0 Å². The minimum Gasteiger partial charge on any atom is -0.491 e. The largest absolute Gasteiger partial charge is 0.491 e. The molecule has 88 valence electrons. The van der Waals surface area contributed by atoms with Gasteiger partial charge in [0.25, 0.3) is 0 Å². The third-order valence-corrected chi connectivity index (χ3v) is 2.91. The van der Waals surface area contributed by atoms with Crippen LogP contribution in [0.15, 0.2) is 18.2 Å². The molecule has 1 aromatic carbocycles. The van der Waals surface area contributed by atoms with Crippen molar-refractivity contribution in [3.05, 3.63) is 24.0 Å². The van der Waals surface area contributed by atoms with Gasteiger partial charge in [0.15, 0.2) is 0 Å². The zero-order valence-electron chi connectivity index (χ0n) is 9.21. The van der Waals surface area contributed by atoms with E-state index in [1.807, 2.05) is 0 Å². The second-order valence-electron chi connectivity index (χ2n) is 4.19. The van der Waals surface area contributed by atoms with E-state index in [0.29, 0.717) is 24.0 Å². The Morgan fingerprint density at radius 1 is 1.38 bits per heavy atom. The Hall–Kier alpha value is -1.29. The number of piperidine rings is 1. The Balaban J connectivity index is 1.90. The van der Waals surface area contributed by atoms with Crippen LogP contribution in [0.4, 0.5) is 10.1 Å². The first kappa shape index (κ1) is 11.2. The van der Waals surface area contributed by atoms with Crippen LogP contribution in [0.25, 0.3) is 0 Å². The molecule has 3 nitrogen and oxygen atoms in total. The van der Waals surface area contributed by atoms with Crippen LogP contribution >= 0.6 is 0 Å². The van der Waals surface area contributed by atoms with Gasteiger partial charge in [0.05, 0.1) is 12.3 Å². The maximum Gasteiger partial charge on any atom is 0.145 e. The summed E-state index contributed by atoms with van der Waals surface area (Å²) in [5.74, 6) is 0.692. The minimum atomic E-state index is -0.311. The molecular weight excluding hydrogens is 207 g/mol. The topological polar surface area (TPSA) is 47.3 Å². The van der Waals surface area contributed by atoms with Gasteiger partial charge in [0, 0.05) is 6.07 Å². The van der Waals surface area contributed by atoms with Gasteiger partial charge in [-0.25, -0.2) is 4.39 Å². The maximum absolute atomic E-state index is 13.0. The van der Waals surface area contributed by atoms with Gasteiger partial charge in [-0.05, 0) is 44.0 Å². The normalized spacial score (nSPS) is 17.3. The SMILES string of the molecule is Nc1ccc(F)cc1OCC1CCNCC1. The zero-order chi connectivity index (χ0) is 11.4. The molecule has 1 fully saturated rings. The molecular formula is C12H17FN2O. The van der Waals surface area contributed by atoms with Crippen molar-refractivity contribution in [1.82, 2.24) is 5.32 Å². The van der Waals surface area contributed by atoms with Crippen molar-refractivity contribution in [2.75, 3.05) is 25.4 Å². The molecule has 1 aliphatic rings. The first-order valence-electron chi connectivity index (χ1n) is 5.64. The lowest BCUT2D eigenvalue weighted by atomic mass is 9.99. The summed E-state index contributed by atoms with van der Waals surface area (Å²) in [5, 5.41) is 3.29. The number of nitrogens with one attached hydrogen (secondary N) is 1. The second-order valence-corrected chi connectivity index (χ2v) is 4.19. The van der Waals surface area contributed by atoms with E-state index in [4.69, 9.17) is 10.5 Å². The summed E-state index contributed by atoms with van der Waals surface area (Å²) in [6, 6.07) is 4.22. The molecule has 0 bridgehead atoms. The van der Waals surface area contributed by atoms with Crippen LogP contribution in [0, 0.1) is 11.7 Å². The van der Waals surface area contributed by atoms with E-state index in [1.165, 1.54) is 18.2 Å². The first-order valence-corrected chi connectivity index (χ1v) is 5.64. The Morgan fingerprint density at radius 3 is 2.88 bits per heavy atom. The van der Waals surface area contributed by atoms with Gasteiger partial charge < -0.3 is 15.8 Å². The number of nitrogens with two attached hydrogens (primary N) is 1. The number of hydrogen-bond acceptors (Lipinski definition) is 3. The molecule has 0 aromatic heterocycles. The standard InChI is InChI=1S/C12H17FN2O/c13-10-1-2-11(14)12(7-10)16-8-9-3-5-15-6-4-9/h1-2,7,9,15H,3-6,8,14H2. The molecule has 1 heterocycles. The summed E-state index contributed by atoms with van der Waals surface area (Å²) >= 11 is 0. The highest BCUT2D eigenvalue weighted by Crippen LogP contribution is 2.23. The predicted octanol–water partition coefficient (Wildman–Crippen LogP) is 1.79. The summed E-state index contributed by atoms with van der Waals surface area (Å²) < 4.78 is 18.5. The Bertz CT molecular complexity index is 351. The highest BCUT2D eigenvalue weighted by Gasteiger charge is 2.14. The molecule has 2 rings (SSSR count). The summed E-state index contributed by atoms with van der Waals surface area (Å²) in [7, 11) is 0. The van der Waals surface area contributed by atoms with Crippen molar-refractivity contribution in [3.63, 3.8) is 0 Å². The Labute approximate surface area is 94.8 Å². The Morgan fingerprint density at radius 2 is 2.12 bits per heavy atom. The lowest BCUT2D eigenvalue weighted by Crippen LogP contribution is -2.30. The number of anilines is 1. The molecule has 4 heteroatoms. The molecule has 0 radical (unpaired) electrons. The van der Waals surface area contributed by atoms with Gasteiger partial charge in [-0.1, -0.05) is 0 Å². The van der Waals surface area contributed by atoms with Crippen molar-refractivity contribution in [1.29, 1.82) is 0 Å². The van der Waals surface area contributed by atoms with Crippen molar-refractivity contribution < 1.29 is 9.13 Å². The van der Waals surface area contributed by atoms with E-state index in [9.17, 15) is 4.39 Å². The number of benzene rings is 1.